The summed E-state index contributed by atoms with van der Waals surface area (Å²) in [5, 5.41) is 8.10. The second-order valence-corrected chi connectivity index (χ2v) is 7.17. The zero-order chi connectivity index (χ0) is 21.4. The molecule has 154 valence electrons. The Morgan fingerprint density at radius 3 is 2.47 bits per heavy atom. The minimum Gasteiger partial charge on any atom is -0.457 e. The number of carbonyl (C=O) groups excluding carboxylic acids is 2. The first-order valence-corrected chi connectivity index (χ1v) is 9.75. The number of primary amides is 1. The van der Waals surface area contributed by atoms with Crippen LogP contribution >= 0.6 is 0 Å². The Kier molecular flexibility index (Phi) is 6.81. The Bertz CT molecular complexity index is 960. The van der Waals surface area contributed by atoms with Gasteiger partial charge in [0.2, 0.25) is 11.8 Å². The maximum atomic E-state index is 12.8. The van der Waals surface area contributed by atoms with Gasteiger partial charge in [0.1, 0.15) is 11.5 Å². The Morgan fingerprint density at radius 2 is 1.80 bits per heavy atom. The van der Waals surface area contributed by atoms with E-state index in [1.807, 2.05) is 54.6 Å². The van der Waals surface area contributed by atoms with E-state index in [2.05, 4.69) is 16.1 Å². The van der Waals surface area contributed by atoms with Gasteiger partial charge in [0.25, 0.3) is 0 Å². The number of carbonyl (C=O) groups is 2. The number of hydrogen-bond donors (Lipinski definition) is 1. The largest absolute Gasteiger partial charge is 0.457 e. The number of para-hydroxylation sites is 1. The second-order valence-electron chi connectivity index (χ2n) is 7.17. The van der Waals surface area contributed by atoms with Crippen molar-refractivity contribution in [1.82, 2.24) is 4.90 Å². The lowest BCUT2D eigenvalue weighted by atomic mass is 10.0. The van der Waals surface area contributed by atoms with Crippen molar-refractivity contribution in [3.8, 4) is 23.8 Å². The molecule has 7 heteroatoms. The molecule has 0 bridgehead atoms. The lowest BCUT2D eigenvalue weighted by Crippen LogP contribution is -2.38. The zero-order valence-electron chi connectivity index (χ0n) is 16.7. The van der Waals surface area contributed by atoms with E-state index in [1.54, 1.807) is 0 Å². The van der Waals surface area contributed by atoms with E-state index in [1.165, 1.54) is 4.90 Å². The summed E-state index contributed by atoms with van der Waals surface area (Å²) in [7, 11) is 0. The van der Waals surface area contributed by atoms with Crippen LogP contribution in [0.15, 0.2) is 64.8 Å². The molecule has 1 aliphatic heterocycles. The highest BCUT2D eigenvalue weighted by Crippen LogP contribution is 2.37. The molecule has 2 aromatic rings. The molecule has 0 radical (unpaired) electrons. The van der Waals surface area contributed by atoms with E-state index >= 15 is 0 Å². The Morgan fingerprint density at radius 1 is 1.07 bits per heavy atom. The Hall–Kier alpha value is -3.66. The maximum absolute atomic E-state index is 12.8. The Labute approximate surface area is 175 Å². The molecule has 0 fully saturated rings. The highest BCUT2D eigenvalue weighted by atomic mass is 16.5. The quantitative estimate of drug-likeness (QED) is 0.579. The summed E-state index contributed by atoms with van der Waals surface area (Å²) >= 11 is 0. The van der Waals surface area contributed by atoms with Gasteiger partial charge in [-0.15, -0.1) is 12.3 Å². The van der Waals surface area contributed by atoms with Gasteiger partial charge in [-0.05, 0) is 29.8 Å². The maximum Gasteiger partial charge on any atom is 0.237 e. The molecule has 0 atom stereocenters. The molecule has 2 aromatic carbocycles. The number of ether oxygens (including phenoxy) is 1. The van der Waals surface area contributed by atoms with E-state index in [9.17, 15) is 9.59 Å². The minimum atomic E-state index is -0.567. The Balaban J connectivity index is 1.63. The number of nitrogens with two attached hydrogens (primary N) is 1. The average Bonchev–Trinajstić information content (AvgIpc) is 3.51. The summed E-state index contributed by atoms with van der Waals surface area (Å²) in [6.45, 7) is 0.0909. The predicted molar refractivity (Wildman–Crippen MR) is 112 cm³/mol. The van der Waals surface area contributed by atoms with Gasteiger partial charge in [-0.2, -0.15) is 10.2 Å². The minimum absolute atomic E-state index is 0.158. The standard InChI is InChI=1S/C23H24N4O3/c1-2-3-13-23(25-26-23)14-12-22(29)27(17-21(24)28)16-18-8-7-11-20(15-18)30-19-9-5-4-6-10-19/h1,4-11,15H,3,12-14,16-17H2,(H2,24,28). The van der Waals surface area contributed by atoms with Crippen molar-refractivity contribution in [2.45, 2.75) is 37.9 Å². The topological polar surface area (TPSA) is 97.3 Å². The average molecular weight is 404 g/mol. The smallest absolute Gasteiger partial charge is 0.237 e. The molecule has 0 unspecified atom stereocenters. The van der Waals surface area contributed by atoms with Crippen LogP contribution in [0.5, 0.6) is 11.5 Å². The zero-order valence-corrected chi connectivity index (χ0v) is 16.7. The molecular formula is C23H24N4O3. The van der Waals surface area contributed by atoms with E-state index in [0.717, 1.165) is 5.56 Å². The molecule has 1 heterocycles. The molecule has 1 aliphatic rings. The van der Waals surface area contributed by atoms with Crippen LogP contribution in [0.3, 0.4) is 0 Å². The molecule has 3 rings (SSSR count). The fourth-order valence-electron chi connectivity index (χ4n) is 3.11. The molecule has 30 heavy (non-hydrogen) atoms. The number of amides is 2. The number of rotatable bonds is 11. The molecule has 0 saturated heterocycles. The molecule has 2 amide bonds. The molecule has 0 aliphatic carbocycles. The van der Waals surface area contributed by atoms with Crippen molar-refractivity contribution >= 4 is 11.8 Å². The highest BCUT2D eigenvalue weighted by Gasteiger charge is 2.39. The predicted octanol–water partition coefficient (Wildman–Crippen LogP) is 3.65. The molecular weight excluding hydrogens is 380 g/mol. The normalized spacial score (nSPS) is 13.3. The molecule has 0 saturated carbocycles. The van der Waals surface area contributed by atoms with Crippen molar-refractivity contribution in [3.05, 3.63) is 60.2 Å². The van der Waals surface area contributed by atoms with Crippen molar-refractivity contribution in [2.75, 3.05) is 6.54 Å². The van der Waals surface area contributed by atoms with Crippen LogP contribution in [0, 0.1) is 12.3 Å². The van der Waals surface area contributed by atoms with Gasteiger partial charge in [-0.1, -0.05) is 30.3 Å². The van der Waals surface area contributed by atoms with E-state index < -0.39 is 11.6 Å². The third-order valence-corrected chi connectivity index (χ3v) is 4.74. The van der Waals surface area contributed by atoms with E-state index in [0.29, 0.717) is 30.8 Å². The van der Waals surface area contributed by atoms with Crippen LogP contribution in [0.25, 0.3) is 0 Å². The van der Waals surface area contributed by atoms with Crippen LogP contribution in [0.2, 0.25) is 0 Å². The van der Waals surface area contributed by atoms with Gasteiger partial charge in [-0.25, -0.2) is 0 Å². The molecule has 0 spiro atoms. The second kappa shape index (κ2) is 9.70. The fourth-order valence-corrected chi connectivity index (χ4v) is 3.11. The highest BCUT2D eigenvalue weighted by molar-refractivity contribution is 5.83. The van der Waals surface area contributed by atoms with Crippen LogP contribution in [0.1, 0.15) is 31.2 Å². The van der Waals surface area contributed by atoms with Gasteiger partial charge in [0.15, 0.2) is 5.66 Å². The van der Waals surface area contributed by atoms with E-state index in [4.69, 9.17) is 16.9 Å². The molecule has 2 N–H and O–H groups in total. The summed E-state index contributed by atoms with van der Waals surface area (Å²) in [6.07, 6.45) is 7.17. The lowest BCUT2D eigenvalue weighted by Gasteiger charge is -2.22. The molecule has 0 aromatic heterocycles. The lowest BCUT2D eigenvalue weighted by molar-refractivity contribution is -0.136. The first-order valence-electron chi connectivity index (χ1n) is 9.75. The van der Waals surface area contributed by atoms with Crippen LogP contribution in [-0.2, 0) is 16.1 Å². The van der Waals surface area contributed by atoms with Gasteiger partial charge in [0, 0.05) is 32.2 Å². The number of nitrogens with zero attached hydrogens (tertiary/aromatic N) is 3. The molecule has 7 nitrogen and oxygen atoms in total. The van der Waals surface area contributed by atoms with E-state index in [-0.39, 0.29) is 25.4 Å². The number of benzene rings is 2. The summed E-state index contributed by atoms with van der Waals surface area (Å²) < 4.78 is 5.84. The van der Waals surface area contributed by atoms with Crippen molar-refractivity contribution in [3.63, 3.8) is 0 Å². The van der Waals surface area contributed by atoms with Crippen molar-refractivity contribution < 1.29 is 14.3 Å². The van der Waals surface area contributed by atoms with Gasteiger partial charge in [-0.3, -0.25) is 9.59 Å². The van der Waals surface area contributed by atoms with Crippen LogP contribution in [0.4, 0.5) is 0 Å². The number of terminal acetylenes is 1. The third-order valence-electron chi connectivity index (χ3n) is 4.74. The van der Waals surface area contributed by atoms with Gasteiger partial charge < -0.3 is 15.4 Å². The number of hydrogen-bond acceptors (Lipinski definition) is 5. The summed E-state index contributed by atoms with van der Waals surface area (Å²) in [6, 6.07) is 16.8. The van der Waals surface area contributed by atoms with Crippen molar-refractivity contribution in [1.29, 1.82) is 0 Å². The van der Waals surface area contributed by atoms with Crippen LogP contribution < -0.4 is 10.5 Å². The SMILES string of the molecule is C#CCCC1(CCC(=O)N(CC(N)=O)Cc2cccc(Oc3ccccc3)c2)N=N1. The fraction of sp³-hybridized carbons (Fsp3) is 0.304. The van der Waals surface area contributed by atoms with Crippen LogP contribution in [-0.4, -0.2) is 28.9 Å². The van der Waals surface area contributed by atoms with Crippen molar-refractivity contribution in [2.24, 2.45) is 16.0 Å². The first kappa shape index (κ1) is 21.1. The van der Waals surface area contributed by atoms with Gasteiger partial charge >= 0.3 is 0 Å². The third kappa shape index (κ3) is 6.17. The summed E-state index contributed by atoms with van der Waals surface area (Å²) in [4.78, 5) is 25.7. The monoisotopic (exact) mass is 404 g/mol. The summed E-state index contributed by atoms with van der Waals surface area (Å²) in [5.41, 5.74) is 5.66. The van der Waals surface area contributed by atoms with Gasteiger partial charge in [0.05, 0.1) is 6.54 Å². The first-order chi connectivity index (χ1) is 14.5. The summed E-state index contributed by atoms with van der Waals surface area (Å²) in [5.74, 6) is 3.18.